The minimum Gasteiger partial charge on any atom is -0.367 e. The molecule has 0 bridgehead atoms. The fourth-order valence-corrected chi connectivity index (χ4v) is 3.40. The van der Waals surface area contributed by atoms with E-state index in [0.29, 0.717) is 49.0 Å². The lowest BCUT2D eigenvalue weighted by Gasteiger charge is -2.31. The molecule has 3 heterocycles. The Bertz CT molecular complexity index is 799. The second-order valence-corrected chi connectivity index (χ2v) is 6.49. The Hall–Kier alpha value is -2.58. The first kappa shape index (κ1) is 16.9. The van der Waals surface area contributed by atoms with Gasteiger partial charge in [-0.2, -0.15) is 4.98 Å². The van der Waals surface area contributed by atoms with Crippen LogP contribution in [0, 0.1) is 6.92 Å². The largest absolute Gasteiger partial charge is 0.367 e. The number of benzene rings is 1. The number of fused-ring (bicyclic) bond motifs is 1. The van der Waals surface area contributed by atoms with Gasteiger partial charge >= 0.3 is 0 Å². The molecule has 0 saturated carbocycles. The Labute approximate surface area is 150 Å². The van der Waals surface area contributed by atoms with Crippen LogP contribution in [-0.2, 0) is 4.74 Å². The second-order valence-electron chi connectivity index (χ2n) is 6.49. The molecule has 0 N–H and O–H groups in total. The van der Waals surface area contributed by atoms with Crippen molar-refractivity contribution in [2.45, 2.75) is 19.4 Å². The maximum absolute atomic E-state index is 12.4. The van der Waals surface area contributed by atoms with E-state index in [1.165, 1.54) is 4.90 Å². The number of aromatic nitrogens is 2. The molecule has 8 nitrogen and oxygen atoms in total. The smallest absolute Gasteiger partial charge is 0.261 e. The molecule has 2 aliphatic heterocycles. The van der Waals surface area contributed by atoms with Crippen molar-refractivity contribution in [3.8, 4) is 0 Å². The Balaban J connectivity index is 1.31. The quantitative estimate of drug-likeness (QED) is 0.749. The van der Waals surface area contributed by atoms with Crippen LogP contribution in [-0.4, -0.2) is 64.5 Å². The van der Waals surface area contributed by atoms with Crippen molar-refractivity contribution in [3.05, 3.63) is 47.1 Å². The standard InChI is InChI=1S/C18H20N4O4/c1-12-19-16(20-26-12)15-11-21(9-10-25-15)7-4-8-22-17(23)13-5-2-3-6-14(13)18(22)24/h2-3,5-6,15H,4,7-11H2,1H3. The summed E-state index contributed by atoms with van der Waals surface area (Å²) in [6.07, 6.45) is 0.504. The zero-order valence-corrected chi connectivity index (χ0v) is 14.6. The molecule has 26 heavy (non-hydrogen) atoms. The van der Waals surface area contributed by atoms with Gasteiger partial charge < -0.3 is 9.26 Å². The molecule has 2 aliphatic rings. The number of aryl methyl sites for hydroxylation is 1. The van der Waals surface area contributed by atoms with Crippen molar-refractivity contribution in [1.29, 1.82) is 0 Å². The number of carbonyl (C=O) groups excluding carboxylic acids is 2. The van der Waals surface area contributed by atoms with Crippen molar-refractivity contribution in [2.75, 3.05) is 32.8 Å². The van der Waals surface area contributed by atoms with E-state index in [4.69, 9.17) is 9.26 Å². The van der Waals surface area contributed by atoms with Crippen LogP contribution in [0.1, 0.15) is 45.0 Å². The lowest BCUT2D eigenvalue weighted by molar-refractivity contribution is -0.0357. The number of hydrogen-bond donors (Lipinski definition) is 0. The first-order valence-corrected chi connectivity index (χ1v) is 8.73. The Morgan fingerprint density at radius 1 is 1.15 bits per heavy atom. The molecule has 1 aromatic carbocycles. The number of imide groups is 1. The number of rotatable bonds is 5. The molecule has 1 saturated heterocycles. The van der Waals surface area contributed by atoms with E-state index >= 15 is 0 Å². The molecule has 2 amide bonds. The molecule has 0 aliphatic carbocycles. The monoisotopic (exact) mass is 356 g/mol. The lowest BCUT2D eigenvalue weighted by atomic mass is 10.1. The van der Waals surface area contributed by atoms with Crippen LogP contribution in [0.5, 0.6) is 0 Å². The summed E-state index contributed by atoms with van der Waals surface area (Å²) in [5.74, 6) is 0.680. The molecule has 0 spiro atoms. The molecule has 136 valence electrons. The minimum absolute atomic E-state index is 0.201. The van der Waals surface area contributed by atoms with Gasteiger partial charge in [0.2, 0.25) is 11.7 Å². The third-order valence-electron chi connectivity index (χ3n) is 4.72. The summed E-state index contributed by atoms with van der Waals surface area (Å²) in [5.41, 5.74) is 0.993. The number of morpholine rings is 1. The third kappa shape index (κ3) is 3.13. The highest BCUT2D eigenvalue weighted by Gasteiger charge is 2.34. The highest BCUT2D eigenvalue weighted by atomic mass is 16.5. The van der Waals surface area contributed by atoms with E-state index in [9.17, 15) is 9.59 Å². The first-order chi connectivity index (χ1) is 12.6. The molecule has 2 aromatic rings. The maximum Gasteiger partial charge on any atom is 0.261 e. The third-order valence-corrected chi connectivity index (χ3v) is 4.72. The highest BCUT2D eigenvalue weighted by Crippen LogP contribution is 2.23. The SMILES string of the molecule is Cc1nc(C2CN(CCCN3C(=O)c4ccccc4C3=O)CCO2)no1. The fraction of sp³-hybridized carbons (Fsp3) is 0.444. The van der Waals surface area contributed by atoms with Crippen LogP contribution >= 0.6 is 0 Å². The average molecular weight is 356 g/mol. The molecule has 1 atom stereocenters. The number of ether oxygens (including phenoxy) is 1. The minimum atomic E-state index is -0.208. The van der Waals surface area contributed by atoms with E-state index in [-0.39, 0.29) is 17.9 Å². The van der Waals surface area contributed by atoms with Gasteiger partial charge in [0.15, 0.2) is 0 Å². The molecular formula is C18H20N4O4. The normalized spacial score (nSPS) is 20.7. The topological polar surface area (TPSA) is 88.8 Å². The van der Waals surface area contributed by atoms with Crippen molar-refractivity contribution in [2.24, 2.45) is 0 Å². The maximum atomic E-state index is 12.4. The van der Waals surface area contributed by atoms with Gasteiger partial charge in [0.05, 0.1) is 17.7 Å². The summed E-state index contributed by atoms with van der Waals surface area (Å²) in [6.45, 7) is 4.99. The van der Waals surface area contributed by atoms with E-state index in [0.717, 1.165) is 13.1 Å². The van der Waals surface area contributed by atoms with Gasteiger partial charge in [-0.05, 0) is 18.6 Å². The molecular weight excluding hydrogens is 336 g/mol. The van der Waals surface area contributed by atoms with Gasteiger partial charge in [-0.25, -0.2) is 0 Å². The van der Waals surface area contributed by atoms with E-state index in [1.54, 1.807) is 31.2 Å². The summed E-state index contributed by atoms with van der Waals surface area (Å²) in [5, 5.41) is 3.92. The molecule has 1 aromatic heterocycles. The van der Waals surface area contributed by atoms with Crippen LogP contribution in [0.15, 0.2) is 28.8 Å². The molecule has 1 unspecified atom stereocenters. The Morgan fingerprint density at radius 3 is 2.54 bits per heavy atom. The van der Waals surface area contributed by atoms with Crippen LogP contribution in [0.2, 0.25) is 0 Å². The van der Waals surface area contributed by atoms with Gasteiger partial charge in [-0.3, -0.25) is 19.4 Å². The molecule has 1 fully saturated rings. The van der Waals surface area contributed by atoms with Crippen LogP contribution in [0.4, 0.5) is 0 Å². The number of amides is 2. The molecule has 4 rings (SSSR count). The predicted molar refractivity (Wildman–Crippen MR) is 90.6 cm³/mol. The van der Waals surface area contributed by atoms with Crippen LogP contribution < -0.4 is 0 Å². The molecule has 0 radical (unpaired) electrons. The van der Waals surface area contributed by atoms with E-state index in [1.807, 2.05) is 0 Å². The molecule has 8 heteroatoms. The van der Waals surface area contributed by atoms with E-state index in [2.05, 4.69) is 15.0 Å². The number of hydrogen-bond acceptors (Lipinski definition) is 7. The summed E-state index contributed by atoms with van der Waals surface area (Å²) in [4.78, 5) is 32.5. The lowest BCUT2D eigenvalue weighted by Crippen LogP contribution is -2.40. The van der Waals surface area contributed by atoms with Crippen LogP contribution in [0.3, 0.4) is 0 Å². The number of carbonyl (C=O) groups is 2. The van der Waals surface area contributed by atoms with Gasteiger partial charge in [0.1, 0.15) is 6.10 Å². The summed E-state index contributed by atoms with van der Waals surface area (Å²) in [6, 6.07) is 6.96. The van der Waals surface area contributed by atoms with E-state index < -0.39 is 0 Å². The van der Waals surface area contributed by atoms with Crippen molar-refractivity contribution in [1.82, 2.24) is 19.9 Å². The van der Waals surface area contributed by atoms with Crippen molar-refractivity contribution >= 4 is 11.8 Å². The second kappa shape index (κ2) is 6.97. The van der Waals surface area contributed by atoms with Crippen LogP contribution in [0.25, 0.3) is 0 Å². The fourth-order valence-electron chi connectivity index (χ4n) is 3.40. The summed E-state index contributed by atoms with van der Waals surface area (Å²) in [7, 11) is 0. The average Bonchev–Trinajstić information content (AvgIpc) is 3.20. The zero-order valence-electron chi connectivity index (χ0n) is 14.6. The van der Waals surface area contributed by atoms with Gasteiger partial charge in [-0.15, -0.1) is 0 Å². The summed E-state index contributed by atoms with van der Waals surface area (Å²) >= 11 is 0. The highest BCUT2D eigenvalue weighted by molar-refractivity contribution is 6.21. The zero-order chi connectivity index (χ0) is 18.1. The Kier molecular flexibility index (Phi) is 4.52. The van der Waals surface area contributed by atoms with Crippen molar-refractivity contribution in [3.63, 3.8) is 0 Å². The predicted octanol–water partition coefficient (Wildman–Crippen LogP) is 1.44. The summed E-state index contributed by atoms with van der Waals surface area (Å²) < 4.78 is 10.7. The van der Waals surface area contributed by atoms with Crippen molar-refractivity contribution < 1.29 is 18.8 Å². The van der Waals surface area contributed by atoms with Gasteiger partial charge in [0.25, 0.3) is 11.8 Å². The van der Waals surface area contributed by atoms with Gasteiger partial charge in [-0.1, -0.05) is 17.3 Å². The Morgan fingerprint density at radius 2 is 1.88 bits per heavy atom. The van der Waals surface area contributed by atoms with Gasteiger partial charge in [0, 0.05) is 33.1 Å². The first-order valence-electron chi connectivity index (χ1n) is 8.73. The number of nitrogens with zero attached hydrogens (tertiary/aromatic N) is 4.